The van der Waals surface area contributed by atoms with E-state index in [0.717, 1.165) is 4.90 Å². The van der Waals surface area contributed by atoms with Crippen molar-refractivity contribution in [1.29, 1.82) is 0 Å². The lowest BCUT2D eigenvalue weighted by molar-refractivity contribution is -0.106. The van der Waals surface area contributed by atoms with Crippen molar-refractivity contribution in [3.8, 4) is 0 Å². The fraction of sp³-hybridized carbons (Fsp3) is 0. The van der Waals surface area contributed by atoms with Crippen LogP contribution >= 0.6 is 0 Å². The van der Waals surface area contributed by atoms with Crippen LogP contribution in [0.5, 0.6) is 0 Å². The Kier molecular flexibility index (Phi) is 3.20. The number of carbonyl (C=O) groups is 2. The number of aromatic nitrogens is 2. The number of rotatable bonds is 3. The molecule has 0 saturated carbocycles. The van der Waals surface area contributed by atoms with E-state index >= 15 is 0 Å². The van der Waals surface area contributed by atoms with Crippen molar-refractivity contribution in [3.05, 3.63) is 54.6 Å². The molecule has 0 radical (unpaired) electrons. The maximum Gasteiger partial charge on any atom is 0.283 e. The molecule has 0 aliphatic carbocycles. The molecule has 17 heavy (non-hydrogen) atoms. The molecule has 0 N–H and O–H groups in total. The summed E-state index contributed by atoms with van der Waals surface area (Å²) in [6.45, 7) is 0. The third-order valence-electron chi connectivity index (χ3n) is 2.13. The smallest absolute Gasteiger partial charge is 0.278 e. The maximum absolute atomic E-state index is 12.0. The highest BCUT2D eigenvalue weighted by Crippen LogP contribution is 2.12. The van der Waals surface area contributed by atoms with E-state index in [0.29, 0.717) is 12.1 Å². The first-order chi connectivity index (χ1) is 8.33. The van der Waals surface area contributed by atoms with Crippen LogP contribution in [0.1, 0.15) is 10.5 Å². The number of imide groups is 1. The molecule has 2 aromatic rings. The number of carbonyl (C=O) groups excluding carboxylic acids is 2. The Hall–Kier alpha value is -2.56. The van der Waals surface area contributed by atoms with Crippen LogP contribution in [0, 0.1) is 0 Å². The summed E-state index contributed by atoms with van der Waals surface area (Å²) < 4.78 is 0. The molecule has 0 aliphatic heterocycles. The third-order valence-corrected chi connectivity index (χ3v) is 2.13. The maximum atomic E-state index is 12.0. The van der Waals surface area contributed by atoms with Crippen LogP contribution in [-0.4, -0.2) is 22.3 Å². The summed E-state index contributed by atoms with van der Waals surface area (Å²) in [6.07, 6.45) is 4.96. The van der Waals surface area contributed by atoms with Crippen LogP contribution in [0.3, 0.4) is 0 Å². The summed E-state index contributed by atoms with van der Waals surface area (Å²) in [5, 5.41) is 0. The summed E-state index contributed by atoms with van der Waals surface area (Å²) >= 11 is 0. The van der Waals surface area contributed by atoms with Crippen LogP contribution < -0.4 is 4.90 Å². The first-order valence-corrected chi connectivity index (χ1v) is 4.93. The predicted molar refractivity (Wildman–Crippen MR) is 61.3 cm³/mol. The lowest BCUT2D eigenvalue weighted by Crippen LogP contribution is -2.30. The summed E-state index contributed by atoms with van der Waals surface area (Å²) in [5.74, 6) is -0.478. The highest BCUT2D eigenvalue weighted by Gasteiger charge is 2.17. The molecule has 0 saturated heterocycles. The van der Waals surface area contributed by atoms with Crippen molar-refractivity contribution in [2.24, 2.45) is 0 Å². The molecular weight excluding hydrogens is 218 g/mol. The van der Waals surface area contributed by atoms with E-state index in [4.69, 9.17) is 0 Å². The van der Waals surface area contributed by atoms with Gasteiger partial charge in [-0.3, -0.25) is 19.6 Å². The predicted octanol–water partition coefficient (Wildman–Crippen LogP) is 1.28. The minimum atomic E-state index is -0.478. The molecule has 0 fully saturated rings. The molecule has 2 amide bonds. The Morgan fingerprint density at radius 2 is 2.06 bits per heavy atom. The molecule has 2 aromatic heterocycles. The molecule has 5 nitrogen and oxygen atoms in total. The number of pyridine rings is 2. The lowest BCUT2D eigenvalue weighted by Gasteiger charge is -2.13. The zero-order chi connectivity index (χ0) is 12.1. The second-order valence-electron chi connectivity index (χ2n) is 3.21. The summed E-state index contributed by atoms with van der Waals surface area (Å²) in [7, 11) is 0. The zero-order valence-corrected chi connectivity index (χ0v) is 8.85. The van der Waals surface area contributed by atoms with Crippen molar-refractivity contribution in [2.75, 3.05) is 4.90 Å². The summed E-state index contributed by atoms with van der Waals surface area (Å²) in [4.78, 5) is 31.7. The van der Waals surface area contributed by atoms with Gasteiger partial charge in [-0.25, -0.2) is 4.90 Å². The fourth-order valence-electron chi connectivity index (χ4n) is 1.33. The largest absolute Gasteiger partial charge is 0.283 e. The van der Waals surface area contributed by atoms with Gasteiger partial charge in [-0.15, -0.1) is 0 Å². The van der Waals surface area contributed by atoms with E-state index < -0.39 is 5.91 Å². The quantitative estimate of drug-likeness (QED) is 0.741. The van der Waals surface area contributed by atoms with Gasteiger partial charge in [0.05, 0.1) is 11.9 Å². The normalized spacial score (nSPS) is 9.65. The van der Waals surface area contributed by atoms with Crippen LogP contribution in [0.2, 0.25) is 0 Å². The van der Waals surface area contributed by atoms with Gasteiger partial charge < -0.3 is 0 Å². The minimum absolute atomic E-state index is 0.212. The van der Waals surface area contributed by atoms with Gasteiger partial charge in [0.15, 0.2) is 0 Å². The monoisotopic (exact) mass is 227 g/mol. The van der Waals surface area contributed by atoms with E-state index in [-0.39, 0.29) is 5.69 Å². The Morgan fingerprint density at radius 1 is 1.18 bits per heavy atom. The Balaban J connectivity index is 2.32. The molecule has 0 aromatic carbocycles. The van der Waals surface area contributed by atoms with Crippen molar-refractivity contribution in [3.63, 3.8) is 0 Å². The number of nitrogens with zero attached hydrogens (tertiary/aromatic N) is 3. The molecule has 0 bridgehead atoms. The fourth-order valence-corrected chi connectivity index (χ4v) is 1.33. The Bertz CT molecular complexity index is 514. The number of hydrogen-bond acceptors (Lipinski definition) is 4. The molecule has 0 atom stereocenters. The van der Waals surface area contributed by atoms with E-state index in [1.807, 2.05) is 0 Å². The van der Waals surface area contributed by atoms with Gasteiger partial charge >= 0.3 is 0 Å². The van der Waals surface area contributed by atoms with Crippen LogP contribution in [0.4, 0.5) is 5.69 Å². The van der Waals surface area contributed by atoms with Crippen molar-refractivity contribution in [1.82, 2.24) is 9.97 Å². The van der Waals surface area contributed by atoms with Gasteiger partial charge in [0.1, 0.15) is 5.69 Å². The Labute approximate surface area is 97.7 Å². The lowest BCUT2D eigenvalue weighted by atomic mass is 10.3. The molecule has 0 aliphatic rings. The van der Waals surface area contributed by atoms with Gasteiger partial charge in [-0.1, -0.05) is 6.07 Å². The highest BCUT2D eigenvalue weighted by molar-refractivity contribution is 6.14. The van der Waals surface area contributed by atoms with Gasteiger partial charge in [-0.2, -0.15) is 0 Å². The van der Waals surface area contributed by atoms with Gasteiger partial charge in [0, 0.05) is 12.4 Å². The summed E-state index contributed by atoms with van der Waals surface area (Å²) in [5.41, 5.74) is 0.626. The standard InChI is InChI=1S/C12H9N3O2/c16-9-15(10-4-3-6-13-8-10)12(17)11-5-1-2-7-14-11/h1-9H. The van der Waals surface area contributed by atoms with E-state index in [9.17, 15) is 9.59 Å². The second kappa shape index (κ2) is 4.98. The Morgan fingerprint density at radius 3 is 2.65 bits per heavy atom. The third kappa shape index (κ3) is 2.34. The zero-order valence-electron chi connectivity index (χ0n) is 8.85. The number of anilines is 1. The minimum Gasteiger partial charge on any atom is -0.278 e. The average Bonchev–Trinajstić information content (AvgIpc) is 2.42. The first kappa shape index (κ1) is 10.9. The van der Waals surface area contributed by atoms with E-state index in [1.165, 1.54) is 12.4 Å². The van der Waals surface area contributed by atoms with Crippen LogP contribution in [-0.2, 0) is 4.79 Å². The van der Waals surface area contributed by atoms with Gasteiger partial charge in [-0.05, 0) is 24.3 Å². The molecule has 2 rings (SSSR count). The van der Waals surface area contributed by atoms with E-state index in [2.05, 4.69) is 9.97 Å². The van der Waals surface area contributed by atoms with Crippen molar-refractivity contribution < 1.29 is 9.59 Å². The molecule has 0 unspecified atom stereocenters. The molecule has 2 heterocycles. The van der Waals surface area contributed by atoms with E-state index in [1.54, 1.807) is 36.5 Å². The first-order valence-electron chi connectivity index (χ1n) is 4.93. The molecule has 0 spiro atoms. The average molecular weight is 227 g/mol. The highest BCUT2D eigenvalue weighted by atomic mass is 16.2. The van der Waals surface area contributed by atoms with Gasteiger partial charge in [0.2, 0.25) is 6.41 Å². The molecule has 5 heteroatoms. The van der Waals surface area contributed by atoms with Crippen molar-refractivity contribution in [2.45, 2.75) is 0 Å². The van der Waals surface area contributed by atoms with Crippen molar-refractivity contribution >= 4 is 18.0 Å². The molecule has 84 valence electrons. The SMILES string of the molecule is O=CN(C(=O)c1ccccn1)c1cccnc1. The van der Waals surface area contributed by atoms with Crippen LogP contribution in [0.15, 0.2) is 48.9 Å². The topological polar surface area (TPSA) is 63.2 Å². The van der Waals surface area contributed by atoms with Crippen LogP contribution in [0.25, 0.3) is 0 Å². The molecular formula is C12H9N3O2. The summed E-state index contributed by atoms with van der Waals surface area (Å²) in [6, 6.07) is 8.22. The second-order valence-corrected chi connectivity index (χ2v) is 3.21. The number of hydrogen-bond donors (Lipinski definition) is 0. The number of amides is 2. The van der Waals surface area contributed by atoms with Gasteiger partial charge in [0.25, 0.3) is 5.91 Å².